The van der Waals surface area contributed by atoms with E-state index in [0.29, 0.717) is 30.0 Å². The largest absolute Gasteiger partial charge is 0.389 e. The quantitative estimate of drug-likeness (QED) is 0.479. The summed E-state index contributed by atoms with van der Waals surface area (Å²) in [6.45, 7) is 0.945. The van der Waals surface area contributed by atoms with Gasteiger partial charge in [0.25, 0.3) is 5.56 Å². The molecule has 150 valence electrons. The van der Waals surface area contributed by atoms with Gasteiger partial charge in [-0.15, -0.1) is 22.7 Å². The summed E-state index contributed by atoms with van der Waals surface area (Å²) in [6, 6.07) is 0. The minimum atomic E-state index is -0.152. The van der Waals surface area contributed by atoms with Gasteiger partial charge in [0.15, 0.2) is 5.65 Å². The van der Waals surface area contributed by atoms with Gasteiger partial charge in [0.05, 0.1) is 42.0 Å². The monoisotopic (exact) mass is 430 g/mol. The van der Waals surface area contributed by atoms with Gasteiger partial charge in [0.2, 0.25) is 0 Å². The third kappa shape index (κ3) is 3.13. The maximum absolute atomic E-state index is 13.0. The summed E-state index contributed by atoms with van der Waals surface area (Å²) < 4.78 is 4.23. The Labute approximate surface area is 172 Å². The molecule has 4 aromatic rings. The van der Waals surface area contributed by atoms with Gasteiger partial charge in [-0.2, -0.15) is 10.2 Å². The molecule has 0 fully saturated rings. The van der Waals surface area contributed by atoms with Gasteiger partial charge in [-0.1, -0.05) is 0 Å². The summed E-state index contributed by atoms with van der Waals surface area (Å²) in [6.07, 6.45) is 2.34. The van der Waals surface area contributed by atoms with Crippen molar-refractivity contribution in [2.75, 3.05) is 13.6 Å². The zero-order valence-corrected chi connectivity index (χ0v) is 17.4. The molecule has 5 heterocycles. The molecule has 1 aliphatic rings. The molecular weight excluding hydrogens is 412 g/mol. The molecule has 0 aliphatic carbocycles. The van der Waals surface area contributed by atoms with Crippen LogP contribution in [0.4, 0.5) is 0 Å². The highest BCUT2D eigenvalue weighted by molar-refractivity contribution is 7.19. The van der Waals surface area contributed by atoms with Crippen molar-refractivity contribution < 1.29 is 5.11 Å². The van der Waals surface area contributed by atoms with Gasteiger partial charge in [0, 0.05) is 31.3 Å². The number of hydrogen-bond donors (Lipinski definition) is 2. The second kappa shape index (κ2) is 6.99. The number of aliphatic hydroxyl groups excluding tert-OH is 1. The summed E-state index contributed by atoms with van der Waals surface area (Å²) in [5.74, 6) is 0. The maximum Gasteiger partial charge on any atom is 0.291 e. The van der Waals surface area contributed by atoms with Crippen molar-refractivity contribution in [3.8, 4) is 0 Å². The smallest absolute Gasteiger partial charge is 0.291 e. The molecule has 2 N–H and O–H groups in total. The van der Waals surface area contributed by atoms with Crippen molar-refractivity contribution in [2.24, 2.45) is 12.1 Å². The summed E-state index contributed by atoms with van der Waals surface area (Å²) in [4.78, 5) is 22.2. The van der Waals surface area contributed by atoms with E-state index < -0.39 is 0 Å². The highest BCUT2D eigenvalue weighted by atomic mass is 32.1. The van der Waals surface area contributed by atoms with Gasteiger partial charge >= 0.3 is 0 Å². The van der Waals surface area contributed by atoms with Gasteiger partial charge in [-0.3, -0.25) is 4.79 Å². The maximum atomic E-state index is 13.0. The molecule has 0 unspecified atom stereocenters. The Morgan fingerprint density at radius 3 is 2.86 bits per heavy atom. The van der Waals surface area contributed by atoms with Crippen molar-refractivity contribution >= 4 is 49.6 Å². The van der Waals surface area contributed by atoms with Crippen LogP contribution in [0.5, 0.6) is 0 Å². The Morgan fingerprint density at radius 1 is 1.28 bits per heavy atom. The molecule has 4 aromatic heterocycles. The zero-order chi connectivity index (χ0) is 20.1. The Kier molecular flexibility index (Phi) is 4.42. The van der Waals surface area contributed by atoms with Crippen LogP contribution in [-0.2, 0) is 26.6 Å². The molecule has 0 atom stereocenters. The van der Waals surface area contributed by atoms with Crippen LogP contribution >= 0.6 is 22.7 Å². The molecule has 0 saturated heterocycles. The SMILES string of the molecule is CN1CC(Cn2ncc3c4sc(Cc5csc(CO)n5)nc4n(C)c3c2=O)=NN1. The topological polar surface area (TPSA) is 113 Å². The van der Waals surface area contributed by atoms with Crippen LogP contribution in [0.2, 0.25) is 0 Å². The van der Waals surface area contributed by atoms with Crippen LogP contribution < -0.4 is 11.1 Å². The average molecular weight is 431 g/mol. The van der Waals surface area contributed by atoms with E-state index in [1.165, 1.54) is 16.0 Å². The fourth-order valence-corrected chi connectivity index (χ4v) is 5.21. The van der Waals surface area contributed by atoms with Gasteiger partial charge < -0.3 is 9.67 Å². The van der Waals surface area contributed by atoms with Gasteiger partial charge in [-0.05, 0) is 0 Å². The predicted molar refractivity (Wildman–Crippen MR) is 112 cm³/mol. The number of aliphatic hydroxyl groups is 1. The highest BCUT2D eigenvalue weighted by Gasteiger charge is 2.20. The van der Waals surface area contributed by atoms with E-state index >= 15 is 0 Å². The number of hydrazone groups is 1. The lowest BCUT2D eigenvalue weighted by atomic mass is 10.3. The standard InChI is InChI=1S/C17H18N8O2S2/c1-23-5-10(21-22-23)6-25-17(27)14-11(4-18-25)15-16(24(14)2)20-12(29-15)3-9-8-28-13(7-26)19-9/h4,8,22,26H,3,5-7H2,1-2H3. The van der Waals surface area contributed by atoms with Crippen LogP contribution in [-0.4, -0.2) is 53.7 Å². The van der Waals surface area contributed by atoms with Gasteiger partial charge in [-0.25, -0.2) is 25.2 Å². The predicted octanol–water partition coefficient (Wildman–Crippen LogP) is 0.690. The van der Waals surface area contributed by atoms with E-state index in [1.54, 1.807) is 17.5 Å². The molecule has 0 radical (unpaired) electrons. The van der Waals surface area contributed by atoms with E-state index in [1.807, 2.05) is 29.1 Å². The Bertz CT molecular complexity index is 1310. The number of thiazole rings is 2. The van der Waals surface area contributed by atoms with Gasteiger partial charge in [0.1, 0.15) is 15.5 Å². The number of hydrogen-bond acceptors (Lipinski definition) is 10. The normalized spacial score (nSPS) is 14.8. The molecule has 29 heavy (non-hydrogen) atoms. The number of aromatic nitrogens is 5. The Balaban J connectivity index is 1.51. The number of fused-ring (bicyclic) bond motifs is 3. The number of nitrogens with one attached hydrogen (secondary N) is 1. The van der Waals surface area contributed by atoms with Crippen molar-refractivity contribution in [3.05, 3.63) is 37.6 Å². The fraction of sp³-hybridized carbons (Fsp3) is 0.353. The lowest BCUT2D eigenvalue weighted by Gasteiger charge is -2.06. The minimum absolute atomic E-state index is 0.0497. The molecule has 0 spiro atoms. The van der Waals surface area contributed by atoms with Crippen molar-refractivity contribution in [3.63, 3.8) is 0 Å². The molecule has 0 aromatic carbocycles. The highest BCUT2D eigenvalue weighted by Crippen LogP contribution is 2.31. The lowest BCUT2D eigenvalue weighted by molar-refractivity contribution is 0.281. The van der Waals surface area contributed by atoms with E-state index in [-0.39, 0.29) is 12.2 Å². The first-order valence-electron chi connectivity index (χ1n) is 8.93. The summed E-state index contributed by atoms with van der Waals surface area (Å²) >= 11 is 2.99. The first-order valence-corrected chi connectivity index (χ1v) is 10.6. The third-order valence-electron chi connectivity index (χ3n) is 4.77. The van der Waals surface area contributed by atoms with Crippen LogP contribution in [0.1, 0.15) is 15.7 Å². The molecule has 0 bridgehead atoms. The molecule has 10 nitrogen and oxygen atoms in total. The first-order chi connectivity index (χ1) is 14.0. The molecule has 0 saturated carbocycles. The minimum Gasteiger partial charge on any atom is -0.389 e. The van der Waals surface area contributed by atoms with Crippen LogP contribution in [0.3, 0.4) is 0 Å². The molecule has 5 rings (SSSR count). The summed E-state index contributed by atoms with van der Waals surface area (Å²) in [7, 11) is 3.75. The molecule has 12 heteroatoms. The summed E-state index contributed by atoms with van der Waals surface area (Å²) in [5.41, 5.74) is 5.81. The van der Waals surface area contributed by atoms with E-state index in [0.717, 1.165) is 32.1 Å². The number of rotatable bonds is 5. The first kappa shape index (κ1) is 18.4. The second-order valence-corrected chi connectivity index (χ2v) is 8.92. The zero-order valence-electron chi connectivity index (χ0n) is 15.8. The van der Waals surface area contributed by atoms with E-state index in [9.17, 15) is 9.90 Å². The lowest BCUT2D eigenvalue weighted by Crippen LogP contribution is -2.30. The van der Waals surface area contributed by atoms with Crippen LogP contribution in [0.25, 0.3) is 21.3 Å². The van der Waals surface area contributed by atoms with Crippen molar-refractivity contribution in [1.29, 1.82) is 0 Å². The van der Waals surface area contributed by atoms with Crippen molar-refractivity contribution in [1.82, 2.24) is 34.9 Å². The third-order valence-corrected chi connectivity index (χ3v) is 6.73. The number of hydrazine groups is 1. The van der Waals surface area contributed by atoms with Crippen molar-refractivity contribution in [2.45, 2.75) is 19.6 Å². The second-order valence-electron chi connectivity index (χ2n) is 6.89. The average Bonchev–Trinajstić information content (AvgIpc) is 3.46. The fourth-order valence-electron chi connectivity index (χ4n) is 3.44. The van der Waals surface area contributed by atoms with E-state index in [2.05, 4.69) is 20.7 Å². The van der Waals surface area contributed by atoms with Crippen LogP contribution in [0.15, 0.2) is 21.5 Å². The number of aryl methyl sites for hydroxylation is 1. The van der Waals surface area contributed by atoms with Crippen LogP contribution in [0, 0.1) is 0 Å². The Morgan fingerprint density at radius 2 is 2.14 bits per heavy atom. The number of nitrogens with zero attached hydrogens (tertiary/aromatic N) is 7. The molecule has 1 aliphatic heterocycles. The summed E-state index contributed by atoms with van der Waals surface area (Å²) in [5, 5.41) is 24.0. The molecule has 0 amide bonds. The Hall–Kier alpha value is -2.67. The van der Waals surface area contributed by atoms with E-state index in [4.69, 9.17) is 4.98 Å². The molecular formula is C17H18N8O2S2.